The van der Waals surface area contributed by atoms with Gasteiger partial charge in [0, 0.05) is 18.7 Å². The molecule has 3 nitrogen and oxygen atoms in total. The molecule has 3 heteroatoms. The SMILES string of the molecule is CCC(=O)N1CCCc2cc3c(c(C)c21)CCNCC3. The van der Waals surface area contributed by atoms with E-state index >= 15 is 0 Å². The van der Waals surface area contributed by atoms with E-state index in [-0.39, 0.29) is 5.91 Å². The van der Waals surface area contributed by atoms with Crippen LogP contribution >= 0.6 is 0 Å². The average molecular weight is 272 g/mol. The van der Waals surface area contributed by atoms with Crippen LogP contribution in [0.15, 0.2) is 6.07 Å². The molecule has 2 aliphatic heterocycles. The highest BCUT2D eigenvalue weighted by Crippen LogP contribution is 2.36. The highest BCUT2D eigenvalue weighted by Gasteiger charge is 2.26. The number of carbonyl (C=O) groups excluding carboxylic acids is 1. The predicted molar refractivity (Wildman–Crippen MR) is 82.4 cm³/mol. The summed E-state index contributed by atoms with van der Waals surface area (Å²) in [6.45, 7) is 7.18. The smallest absolute Gasteiger partial charge is 0.226 e. The Bertz CT molecular complexity index is 536. The van der Waals surface area contributed by atoms with Gasteiger partial charge in [-0.15, -0.1) is 0 Å². The van der Waals surface area contributed by atoms with Crippen molar-refractivity contribution < 1.29 is 4.79 Å². The lowest BCUT2D eigenvalue weighted by Gasteiger charge is -2.33. The third kappa shape index (κ3) is 2.24. The Morgan fingerprint density at radius 3 is 2.85 bits per heavy atom. The Kier molecular flexibility index (Phi) is 3.79. The van der Waals surface area contributed by atoms with Gasteiger partial charge in [0.15, 0.2) is 0 Å². The fraction of sp³-hybridized carbons (Fsp3) is 0.588. The number of nitrogens with one attached hydrogen (secondary N) is 1. The van der Waals surface area contributed by atoms with E-state index in [2.05, 4.69) is 18.3 Å². The van der Waals surface area contributed by atoms with Crippen LogP contribution in [0.2, 0.25) is 0 Å². The Balaban J connectivity index is 2.11. The molecule has 108 valence electrons. The van der Waals surface area contributed by atoms with Crippen LogP contribution in [0.25, 0.3) is 0 Å². The summed E-state index contributed by atoms with van der Waals surface area (Å²) in [5, 5.41) is 3.48. The van der Waals surface area contributed by atoms with Crippen molar-refractivity contribution in [3.05, 3.63) is 28.3 Å². The van der Waals surface area contributed by atoms with Gasteiger partial charge in [-0.25, -0.2) is 0 Å². The Hall–Kier alpha value is -1.35. The van der Waals surface area contributed by atoms with Gasteiger partial charge in [0.25, 0.3) is 0 Å². The lowest BCUT2D eigenvalue weighted by molar-refractivity contribution is -0.118. The fourth-order valence-corrected chi connectivity index (χ4v) is 3.67. The number of rotatable bonds is 1. The van der Waals surface area contributed by atoms with E-state index in [0.29, 0.717) is 6.42 Å². The molecule has 0 saturated carbocycles. The van der Waals surface area contributed by atoms with E-state index in [1.54, 1.807) is 0 Å². The fourth-order valence-electron chi connectivity index (χ4n) is 3.67. The maximum Gasteiger partial charge on any atom is 0.226 e. The van der Waals surface area contributed by atoms with Gasteiger partial charge < -0.3 is 10.2 Å². The molecule has 3 rings (SSSR count). The van der Waals surface area contributed by atoms with E-state index < -0.39 is 0 Å². The Labute approximate surface area is 121 Å². The van der Waals surface area contributed by atoms with Gasteiger partial charge in [0.05, 0.1) is 0 Å². The lowest BCUT2D eigenvalue weighted by Crippen LogP contribution is -2.36. The first-order chi connectivity index (χ1) is 9.72. The van der Waals surface area contributed by atoms with Crippen LogP contribution < -0.4 is 10.2 Å². The minimum atomic E-state index is 0.265. The zero-order valence-electron chi connectivity index (χ0n) is 12.6. The van der Waals surface area contributed by atoms with Gasteiger partial charge in [0.2, 0.25) is 5.91 Å². The van der Waals surface area contributed by atoms with E-state index in [0.717, 1.165) is 45.3 Å². The monoisotopic (exact) mass is 272 g/mol. The molecular weight excluding hydrogens is 248 g/mol. The molecule has 1 aromatic rings. The van der Waals surface area contributed by atoms with Gasteiger partial charge in [-0.3, -0.25) is 4.79 Å². The van der Waals surface area contributed by atoms with E-state index in [9.17, 15) is 4.79 Å². The number of hydrogen-bond acceptors (Lipinski definition) is 2. The second kappa shape index (κ2) is 5.57. The number of hydrogen-bond donors (Lipinski definition) is 1. The third-order valence-electron chi connectivity index (χ3n) is 4.67. The normalized spacial score (nSPS) is 18.2. The standard InChI is InChI=1S/C17H24N2O/c1-3-16(20)19-10-4-5-14-11-13-6-8-18-9-7-15(13)12(2)17(14)19/h11,18H,3-10H2,1-2H3. The van der Waals surface area contributed by atoms with Crippen LogP contribution in [0.1, 0.15) is 42.0 Å². The molecule has 2 heterocycles. The number of aryl methyl sites for hydroxylation is 1. The van der Waals surface area contributed by atoms with Crippen molar-refractivity contribution >= 4 is 11.6 Å². The van der Waals surface area contributed by atoms with Crippen molar-refractivity contribution in [2.24, 2.45) is 0 Å². The van der Waals surface area contributed by atoms with Crippen molar-refractivity contribution in [2.75, 3.05) is 24.5 Å². The first-order valence-corrected chi connectivity index (χ1v) is 7.87. The molecule has 1 N–H and O–H groups in total. The molecule has 0 saturated heterocycles. The van der Waals surface area contributed by atoms with Crippen LogP contribution in [0.4, 0.5) is 5.69 Å². The third-order valence-corrected chi connectivity index (χ3v) is 4.67. The van der Waals surface area contributed by atoms with Crippen LogP contribution in [0, 0.1) is 6.92 Å². The number of benzene rings is 1. The highest BCUT2D eigenvalue weighted by molar-refractivity contribution is 5.95. The first-order valence-electron chi connectivity index (χ1n) is 7.87. The Morgan fingerprint density at radius 2 is 2.05 bits per heavy atom. The van der Waals surface area contributed by atoms with Gasteiger partial charge in [-0.1, -0.05) is 13.0 Å². The molecule has 1 aromatic carbocycles. The summed E-state index contributed by atoms with van der Waals surface area (Å²) in [5.41, 5.74) is 6.93. The van der Waals surface area contributed by atoms with E-state index in [1.807, 2.05) is 11.8 Å². The highest BCUT2D eigenvalue weighted by atomic mass is 16.2. The number of carbonyl (C=O) groups is 1. The molecule has 20 heavy (non-hydrogen) atoms. The molecule has 0 radical (unpaired) electrons. The van der Waals surface area contributed by atoms with Crippen molar-refractivity contribution in [3.63, 3.8) is 0 Å². The summed E-state index contributed by atoms with van der Waals surface area (Å²) in [6, 6.07) is 2.37. The maximum atomic E-state index is 12.2. The van der Waals surface area contributed by atoms with Crippen LogP contribution in [-0.4, -0.2) is 25.5 Å². The molecule has 0 atom stereocenters. The van der Waals surface area contributed by atoms with E-state index in [1.165, 1.54) is 27.9 Å². The topological polar surface area (TPSA) is 32.3 Å². The number of anilines is 1. The van der Waals surface area contributed by atoms with Gasteiger partial charge in [0.1, 0.15) is 0 Å². The summed E-state index contributed by atoms with van der Waals surface area (Å²) in [7, 11) is 0. The second-order valence-corrected chi connectivity index (χ2v) is 5.90. The van der Waals surface area contributed by atoms with Gasteiger partial charge >= 0.3 is 0 Å². The van der Waals surface area contributed by atoms with E-state index in [4.69, 9.17) is 0 Å². The zero-order valence-corrected chi connectivity index (χ0v) is 12.6. The summed E-state index contributed by atoms with van der Waals surface area (Å²) in [5.74, 6) is 0.265. The summed E-state index contributed by atoms with van der Waals surface area (Å²) in [6.07, 6.45) is 5.00. The largest absolute Gasteiger partial charge is 0.316 e. The van der Waals surface area contributed by atoms with Crippen molar-refractivity contribution in [3.8, 4) is 0 Å². The van der Waals surface area contributed by atoms with Crippen LogP contribution in [0.5, 0.6) is 0 Å². The summed E-state index contributed by atoms with van der Waals surface area (Å²) < 4.78 is 0. The van der Waals surface area contributed by atoms with Crippen molar-refractivity contribution in [1.82, 2.24) is 5.32 Å². The predicted octanol–water partition coefficient (Wildman–Crippen LogP) is 2.37. The van der Waals surface area contributed by atoms with Crippen LogP contribution in [0.3, 0.4) is 0 Å². The molecule has 0 unspecified atom stereocenters. The molecule has 0 aromatic heterocycles. The summed E-state index contributed by atoms with van der Waals surface area (Å²) >= 11 is 0. The number of fused-ring (bicyclic) bond motifs is 2. The molecule has 0 aliphatic carbocycles. The minimum Gasteiger partial charge on any atom is -0.316 e. The maximum absolute atomic E-state index is 12.2. The van der Waals surface area contributed by atoms with Gasteiger partial charge in [-0.2, -0.15) is 0 Å². The number of nitrogens with zero attached hydrogens (tertiary/aromatic N) is 1. The Morgan fingerprint density at radius 1 is 1.25 bits per heavy atom. The van der Waals surface area contributed by atoms with Crippen molar-refractivity contribution in [2.45, 2.75) is 46.0 Å². The average Bonchev–Trinajstić information content (AvgIpc) is 2.71. The summed E-state index contributed by atoms with van der Waals surface area (Å²) in [4.78, 5) is 14.3. The molecular formula is C17H24N2O. The zero-order chi connectivity index (χ0) is 14.1. The van der Waals surface area contributed by atoms with Crippen LogP contribution in [-0.2, 0) is 24.1 Å². The molecule has 2 aliphatic rings. The molecule has 0 spiro atoms. The quantitative estimate of drug-likeness (QED) is 0.851. The van der Waals surface area contributed by atoms with Crippen molar-refractivity contribution in [1.29, 1.82) is 0 Å². The minimum absolute atomic E-state index is 0.265. The molecule has 0 bridgehead atoms. The molecule has 0 fully saturated rings. The second-order valence-electron chi connectivity index (χ2n) is 5.90. The molecule has 1 amide bonds. The van der Waals surface area contributed by atoms with Gasteiger partial charge in [-0.05, 0) is 68.0 Å². The first kappa shape index (κ1) is 13.6. The lowest BCUT2D eigenvalue weighted by atomic mass is 9.89. The number of amides is 1.